The molecule has 0 saturated heterocycles. The van der Waals surface area contributed by atoms with E-state index in [1.807, 2.05) is 31.4 Å². The summed E-state index contributed by atoms with van der Waals surface area (Å²) in [5.74, 6) is 0.835. The Balaban J connectivity index is 2.28. The minimum Gasteiger partial charge on any atom is -0.300 e. The molecule has 0 aliphatic rings. The van der Waals surface area contributed by atoms with Crippen LogP contribution in [0.3, 0.4) is 0 Å². The maximum absolute atomic E-state index is 13.1. The lowest BCUT2D eigenvalue weighted by atomic mass is 10.1. The van der Waals surface area contributed by atoms with E-state index in [4.69, 9.17) is 4.98 Å². The van der Waals surface area contributed by atoms with Gasteiger partial charge in [0.2, 0.25) is 0 Å². The van der Waals surface area contributed by atoms with E-state index in [-0.39, 0.29) is 11.3 Å². The molecule has 3 aromatic heterocycles. The number of aryl methyl sites for hydroxylation is 2. The molecular weight excluding hydrogens is 328 g/mol. The highest BCUT2D eigenvalue weighted by Crippen LogP contribution is 2.37. The van der Waals surface area contributed by atoms with Crippen molar-refractivity contribution in [3.8, 4) is 10.4 Å². The number of hydrogen-bond acceptors (Lipinski definition) is 5. The molecule has 0 unspecified atom stereocenters. The number of carbonyl (C=O) groups excluding carboxylic acids is 1. The van der Waals surface area contributed by atoms with Crippen molar-refractivity contribution in [1.82, 2.24) is 9.55 Å². The molecule has 3 aromatic rings. The van der Waals surface area contributed by atoms with Crippen molar-refractivity contribution >= 4 is 38.7 Å². The first-order valence-electron chi connectivity index (χ1n) is 7.59. The van der Waals surface area contributed by atoms with Gasteiger partial charge in [-0.3, -0.25) is 14.2 Å². The van der Waals surface area contributed by atoms with E-state index in [1.54, 1.807) is 34.2 Å². The van der Waals surface area contributed by atoms with Crippen LogP contribution < -0.4 is 5.56 Å². The predicted molar refractivity (Wildman–Crippen MR) is 96.6 cm³/mol. The molecule has 3 rings (SSSR count). The van der Waals surface area contributed by atoms with Crippen molar-refractivity contribution < 1.29 is 4.79 Å². The molecule has 0 fully saturated rings. The van der Waals surface area contributed by atoms with Gasteiger partial charge in [-0.1, -0.05) is 13.0 Å². The Kier molecular flexibility index (Phi) is 4.46. The fourth-order valence-corrected chi connectivity index (χ4v) is 4.67. The molecule has 3 heterocycles. The van der Waals surface area contributed by atoms with Crippen LogP contribution in [0.25, 0.3) is 20.7 Å². The predicted octanol–water partition coefficient (Wildman–Crippen LogP) is 4.04. The van der Waals surface area contributed by atoms with E-state index in [0.717, 1.165) is 26.0 Å². The zero-order chi connectivity index (χ0) is 16.6. The highest BCUT2D eigenvalue weighted by Gasteiger charge is 2.19. The minimum absolute atomic E-state index is 0.0270. The van der Waals surface area contributed by atoms with Gasteiger partial charge in [0.15, 0.2) is 0 Å². The second kappa shape index (κ2) is 6.37. The van der Waals surface area contributed by atoms with Crippen molar-refractivity contribution in [2.75, 3.05) is 0 Å². The van der Waals surface area contributed by atoms with Crippen LogP contribution in [0.2, 0.25) is 0 Å². The van der Waals surface area contributed by atoms with E-state index in [0.29, 0.717) is 24.8 Å². The van der Waals surface area contributed by atoms with Crippen molar-refractivity contribution in [3.05, 3.63) is 38.6 Å². The monoisotopic (exact) mass is 346 g/mol. The first kappa shape index (κ1) is 16.1. The van der Waals surface area contributed by atoms with Gasteiger partial charge < -0.3 is 0 Å². The summed E-state index contributed by atoms with van der Waals surface area (Å²) in [5, 5.41) is 2.70. The van der Waals surface area contributed by atoms with Gasteiger partial charge in [0.1, 0.15) is 16.4 Å². The van der Waals surface area contributed by atoms with Gasteiger partial charge in [-0.05, 0) is 25.3 Å². The van der Waals surface area contributed by atoms with Crippen LogP contribution in [0.4, 0.5) is 0 Å². The number of rotatable bonds is 5. The minimum atomic E-state index is -0.0270. The molecule has 6 heteroatoms. The Hall–Kier alpha value is -1.79. The highest BCUT2D eigenvalue weighted by atomic mass is 32.1. The lowest BCUT2D eigenvalue weighted by Crippen LogP contribution is -2.25. The number of nitrogens with zero attached hydrogens (tertiary/aromatic N) is 2. The molecule has 0 radical (unpaired) electrons. The third-order valence-electron chi connectivity index (χ3n) is 3.84. The van der Waals surface area contributed by atoms with Gasteiger partial charge in [-0.15, -0.1) is 22.7 Å². The molecule has 0 saturated carbocycles. The van der Waals surface area contributed by atoms with Crippen LogP contribution >= 0.6 is 22.7 Å². The lowest BCUT2D eigenvalue weighted by Gasteiger charge is -2.10. The molecule has 23 heavy (non-hydrogen) atoms. The smallest absolute Gasteiger partial charge is 0.262 e. The van der Waals surface area contributed by atoms with Crippen molar-refractivity contribution in [3.63, 3.8) is 0 Å². The second-order valence-electron chi connectivity index (χ2n) is 5.48. The number of ketones is 1. The molecule has 0 amide bonds. The van der Waals surface area contributed by atoms with Crippen LogP contribution in [0.5, 0.6) is 0 Å². The summed E-state index contributed by atoms with van der Waals surface area (Å²) in [4.78, 5) is 32.1. The molecule has 0 aliphatic carbocycles. The molecule has 0 aliphatic heterocycles. The topological polar surface area (TPSA) is 52.0 Å². The Morgan fingerprint density at radius 2 is 2.17 bits per heavy atom. The summed E-state index contributed by atoms with van der Waals surface area (Å²) in [6, 6.07) is 4.03. The summed E-state index contributed by atoms with van der Waals surface area (Å²) < 4.78 is 1.67. The van der Waals surface area contributed by atoms with E-state index in [9.17, 15) is 9.59 Å². The summed E-state index contributed by atoms with van der Waals surface area (Å²) in [5.41, 5.74) is 0.970. The van der Waals surface area contributed by atoms with Gasteiger partial charge in [0, 0.05) is 34.7 Å². The van der Waals surface area contributed by atoms with Gasteiger partial charge >= 0.3 is 0 Å². The summed E-state index contributed by atoms with van der Waals surface area (Å²) in [7, 11) is 0. The van der Waals surface area contributed by atoms with E-state index < -0.39 is 0 Å². The van der Waals surface area contributed by atoms with Crippen LogP contribution in [-0.2, 0) is 17.8 Å². The first-order chi connectivity index (χ1) is 11.0. The van der Waals surface area contributed by atoms with Gasteiger partial charge in [0.05, 0.1) is 5.39 Å². The van der Waals surface area contributed by atoms with Crippen LogP contribution in [0, 0.1) is 6.92 Å². The second-order valence-corrected chi connectivity index (χ2v) is 7.63. The molecule has 0 N–H and O–H groups in total. The standard InChI is InChI=1S/C17H18N2O2S2/c1-4-13-18-16-15(17(21)19(13)8-7-10(2)20)14(11(3)23-16)12-6-5-9-22-12/h5-6,9H,4,7-8H2,1-3H3. The fourth-order valence-electron chi connectivity index (χ4n) is 2.72. The summed E-state index contributed by atoms with van der Waals surface area (Å²) in [6.07, 6.45) is 1.03. The van der Waals surface area contributed by atoms with Crippen LogP contribution in [0.15, 0.2) is 22.3 Å². The lowest BCUT2D eigenvalue weighted by molar-refractivity contribution is -0.117. The number of fused-ring (bicyclic) bond motifs is 1. The SMILES string of the molecule is CCc1nc2sc(C)c(-c3cccs3)c2c(=O)n1CCC(C)=O. The Labute approximate surface area is 142 Å². The molecule has 120 valence electrons. The molecule has 4 nitrogen and oxygen atoms in total. The van der Waals surface area contributed by atoms with E-state index in [2.05, 4.69) is 0 Å². The zero-order valence-corrected chi connectivity index (χ0v) is 15.0. The first-order valence-corrected chi connectivity index (χ1v) is 9.28. The highest BCUT2D eigenvalue weighted by molar-refractivity contribution is 7.20. The normalized spacial score (nSPS) is 11.3. The third-order valence-corrected chi connectivity index (χ3v) is 5.72. The number of Topliss-reactive ketones (excluding diaryl/α,β-unsaturated/α-hetero) is 1. The molecule has 0 spiro atoms. The Morgan fingerprint density at radius 3 is 2.78 bits per heavy atom. The number of carbonyl (C=O) groups is 1. The van der Waals surface area contributed by atoms with Crippen LogP contribution in [-0.4, -0.2) is 15.3 Å². The Morgan fingerprint density at radius 1 is 1.39 bits per heavy atom. The molecular formula is C17H18N2O2S2. The average molecular weight is 346 g/mol. The maximum Gasteiger partial charge on any atom is 0.262 e. The van der Waals surface area contributed by atoms with Gasteiger partial charge in [-0.2, -0.15) is 0 Å². The quantitative estimate of drug-likeness (QED) is 0.701. The van der Waals surface area contributed by atoms with E-state index >= 15 is 0 Å². The number of thiophene rings is 2. The molecule has 0 bridgehead atoms. The van der Waals surface area contributed by atoms with Crippen LogP contribution in [0.1, 0.15) is 31.0 Å². The number of aromatic nitrogens is 2. The largest absolute Gasteiger partial charge is 0.300 e. The Bertz CT molecular complexity index is 920. The molecule has 0 atom stereocenters. The average Bonchev–Trinajstić information content (AvgIpc) is 3.12. The van der Waals surface area contributed by atoms with Gasteiger partial charge in [0.25, 0.3) is 5.56 Å². The zero-order valence-electron chi connectivity index (χ0n) is 13.4. The van der Waals surface area contributed by atoms with E-state index in [1.165, 1.54) is 0 Å². The fraction of sp³-hybridized carbons (Fsp3) is 0.353. The molecule has 0 aromatic carbocycles. The summed E-state index contributed by atoms with van der Waals surface area (Å²) in [6.45, 7) is 5.97. The van der Waals surface area contributed by atoms with Gasteiger partial charge in [-0.25, -0.2) is 4.98 Å². The maximum atomic E-state index is 13.1. The van der Waals surface area contributed by atoms with Crippen molar-refractivity contribution in [2.24, 2.45) is 0 Å². The van der Waals surface area contributed by atoms with Crippen molar-refractivity contribution in [2.45, 2.75) is 40.2 Å². The summed E-state index contributed by atoms with van der Waals surface area (Å²) >= 11 is 3.20. The van der Waals surface area contributed by atoms with Crippen molar-refractivity contribution in [1.29, 1.82) is 0 Å². The third kappa shape index (κ3) is 2.88. The number of hydrogen-bond donors (Lipinski definition) is 0.